The largest absolute Gasteiger partial charge is 0.479 e. The molecule has 1 N–H and O–H groups in total. The van der Waals surface area contributed by atoms with E-state index in [0.29, 0.717) is 23.7 Å². The molecule has 3 nitrogen and oxygen atoms in total. The van der Waals surface area contributed by atoms with Gasteiger partial charge < -0.3 is 10.1 Å². The number of carbonyl (C=O) groups excluding carboxylic acids is 1. The number of nitrogens with one attached hydrogen (secondary N) is 1. The summed E-state index contributed by atoms with van der Waals surface area (Å²) in [7, 11) is 0. The Balaban J connectivity index is 2.75. The van der Waals surface area contributed by atoms with Crippen LogP contribution < -0.4 is 10.1 Å². The van der Waals surface area contributed by atoms with E-state index in [1.54, 1.807) is 12.1 Å². The van der Waals surface area contributed by atoms with Crippen LogP contribution in [0.1, 0.15) is 18.9 Å². The number of carbonyl (C=O) groups is 1. The van der Waals surface area contributed by atoms with E-state index in [4.69, 9.17) is 16.3 Å². The molecule has 0 aliphatic carbocycles. The highest BCUT2D eigenvalue weighted by Gasteiger charge is 2.18. The lowest BCUT2D eigenvalue weighted by atomic mass is 10.2. The van der Waals surface area contributed by atoms with Crippen molar-refractivity contribution in [3.63, 3.8) is 0 Å². The second-order valence-electron chi connectivity index (χ2n) is 3.98. The quantitative estimate of drug-likeness (QED) is 0.805. The normalized spacial score (nSPS) is 11.7. The Labute approximate surface area is 113 Å². The van der Waals surface area contributed by atoms with Crippen molar-refractivity contribution in [1.82, 2.24) is 5.32 Å². The molecule has 1 amide bonds. The van der Waals surface area contributed by atoms with E-state index in [1.165, 1.54) is 0 Å². The van der Waals surface area contributed by atoms with Crippen LogP contribution in [0.25, 0.3) is 0 Å². The van der Waals surface area contributed by atoms with Crippen molar-refractivity contribution >= 4 is 17.5 Å². The van der Waals surface area contributed by atoms with E-state index in [0.717, 1.165) is 5.56 Å². The van der Waals surface area contributed by atoms with E-state index in [2.05, 4.69) is 11.9 Å². The summed E-state index contributed by atoms with van der Waals surface area (Å²) in [5.41, 5.74) is 1.04. The smallest absolute Gasteiger partial charge is 0.261 e. The summed E-state index contributed by atoms with van der Waals surface area (Å²) in [6, 6.07) is 5.49. The van der Waals surface area contributed by atoms with Gasteiger partial charge in [0.2, 0.25) is 0 Å². The summed E-state index contributed by atoms with van der Waals surface area (Å²) in [5.74, 6) is 0.382. The van der Waals surface area contributed by atoms with Crippen LogP contribution in [0.4, 0.5) is 0 Å². The lowest BCUT2D eigenvalue weighted by Gasteiger charge is -2.18. The fraction of sp³-hybridized carbons (Fsp3) is 0.357. The average Bonchev–Trinajstić information content (AvgIpc) is 2.36. The highest BCUT2D eigenvalue weighted by atomic mass is 35.5. The SMILES string of the molecule is C=CCNC(=O)[C@H](CC)Oc1cc(C)ccc1Cl. The summed E-state index contributed by atoms with van der Waals surface area (Å²) < 4.78 is 5.66. The molecule has 0 aliphatic heterocycles. The van der Waals surface area contributed by atoms with Crippen molar-refractivity contribution in [2.45, 2.75) is 26.4 Å². The van der Waals surface area contributed by atoms with Crippen LogP contribution in [0.5, 0.6) is 5.75 Å². The maximum Gasteiger partial charge on any atom is 0.261 e. The van der Waals surface area contributed by atoms with Gasteiger partial charge in [-0.05, 0) is 31.0 Å². The van der Waals surface area contributed by atoms with Crippen LogP contribution in [0.15, 0.2) is 30.9 Å². The van der Waals surface area contributed by atoms with Gasteiger partial charge in [0, 0.05) is 6.54 Å². The molecule has 1 rings (SSSR count). The van der Waals surface area contributed by atoms with Crippen molar-refractivity contribution in [3.05, 3.63) is 41.4 Å². The van der Waals surface area contributed by atoms with Gasteiger partial charge in [-0.15, -0.1) is 6.58 Å². The van der Waals surface area contributed by atoms with E-state index < -0.39 is 6.10 Å². The predicted molar refractivity (Wildman–Crippen MR) is 74.1 cm³/mol. The Kier molecular flexibility index (Phi) is 5.72. The lowest BCUT2D eigenvalue weighted by molar-refractivity contribution is -0.127. The first kappa shape index (κ1) is 14.6. The Hall–Kier alpha value is -1.48. The number of amides is 1. The van der Waals surface area contributed by atoms with E-state index in [1.807, 2.05) is 26.0 Å². The van der Waals surface area contributed by atoms with Crippen molar-refractivity contribution in [2.75, 3.05) is 6.54 Å². The summed E-state index contributed by atoms with van der Waals surface area (Å²) in [5, 5.41) is 3.22. The minimum Gasteiger partial charge on any atom is -0.479 e. The molecule has 1 atom stereocenters. The lowest BCUT2D eigenvalue weighted by Crippen LogP contribution is -2.38. The zero-order valence-electron chi connectivity index (χ0n) is 10.7. The standard InChI is InChI=1S/C14H18ClNO2/c1-4-8-16-14(17)12(5-2)18-13-9-10(3)6-7-11(13)15/h4,6-7,9,12H,1,5,8H2,2-3H3,(H,16,17)/t12-/m0/s1. The van der Waals surface area contributed by atoms with Gasteiger partial charge in [0.1, 0.15) is 5.75 Å². The Morgan fingerprint density at radius 1 is 1.61 bits per heavy atom. The first-order chi connectivity index (χ1) is 8.58. The van der Waals surface area contributed by atoms with Crippen LogP contribution in [-0.2, 0) is 4.79 Å². The van der Waals surface area contributed by atoms with Crippen LogP contribution in [0, 0.1) is 6.92 Å². The third kappa shape index (κ3) is 4.08. The minimum atomic E-state index is -0.538. The first-order valence-electron chi connectivity index (χ1n) is 5.90. The fourth-order valence-corrected chi connectivity index (χ4v) is 1.63. The number of aryl methyl sites for hydroxylation is 1. The number of hydrogen-bond acceptors (Lipinski definition) is 2. The second-order valence-corrected chi connectivity index (χ2v) is 4.39. The van der Waals surface area contributed by atoms with Crippen molar-refractivity contribution in [2.24, 2.45) is 0 Å². The minimum absolute atomic E-state index is 0.157. The molecule has 0 heterocycles. The maximum atomic E-state index is 11.8. The van der Waals surface area contributed by atoms with Crippen molar-refractivity contribution in [1.29, 1.82) is 0 Å². The molecule has 0 aromatic heterocycles. The fourth-order valence-electron chi connectivity index (χ4n) is 1.46. The molecule has 1 aromatic carbocycles. The Morgan fingerprint density at radius 2 is 2.33 bits per heavy atom. The van der Waals surface area contributed by atoms with Crippen molar-refractivity contribution < 1.29 is 9.53 Å². The van der Waals surface area contributed by atoms with E-state index in [-0.39, 0.29) is 5.91 Å². The highest BCUT2D eigenvalue weighted by molar-refractivity contribution is 6.32. The number of rotatable bonds is 6. The molecule has 1 aromatic rings. The molecule has 98 valence electrons. The Morgan fingerprint density at radius 3 is 2.94 bits per heavy atom. The molecule has 0 unspecified atom stereocenters. The molecule has 0 saturated carbocycles. The maximum absolute atomic E-state index is 11.8. The summed E-state index contributed by atoms with van der Waals surface area (Å²) >= 11 is 6.03. The molecular formula is C14H18ClNO2. The van der Waals surface area contributed by atoms with Gasteiger partial charge in [-0.3, -0.25) is 4.79 Å². The molecule has 0 bridgehead atoms. The van der Waals surface area contributed by atoms with Crippen LogP contribution in [0.2, 0.25) is 5.02 Å². The number of hydrogen-bond donors (Lipinski definition) is 1. The van der Waals surface area contributed by atoms with E-state index >= 15 is 0 Å². The summed E-state index contributed by atoms with van der Waals surface area (Å²) in [6.45, 7) is 7.82. The number of halogens is 1. The molecule has 18 heavy (non-hydrogen) atoms. The van der Waals surface area contributed by atoms with E-state index in [9.17, 15) is 4.79 Å². The number of ether oxygens (including phenoxy) is 1. The second kappa shape index (κ2) is 7.07. The van der Waals surface area contributed by atoms with Gasteiger partial charge in [-0.1, -0.05) is 30.7 Å². The van der Waals surface area contributed by atoms with Crippen LogP contribution >= 0.6 is 11.6 Å². The van der Waals surface area contributed by atoms with Gasteiger partial charge in [0.15, 0.2) is 6.10 Å². The molecule has 0 aliphatic rings. The van der Waals surface area contributed by atoms with Gasteiger partial charge in [0.25, 0.3) is 5.91 Å². The molecule has 4 heteroatoms. The van der Waals surface area contributed by atoms with Crippen LogP contribution in [-0.4, -0.2) is 18.6 Å². The molecule has 0 saturated heterocycles. The molecule has 0 spiro atoms. The monoisotopic (exact) mass is 267 g/mol. The molecule has 0 radical (unpaired) electrons. The average molecular weight is 268 g/mol. The highest BCUT2D eigenvalue weighted by Crippen LogP contribution is 2.26. The first-order valence-corrected chi connectivity index (χ1v) is 6.27. The number of benzene rings is 1. The molecule has 0 fully saturated rings. The van der Waals surface area contributed by atoms with Crippen LogP contribution in [0.3, 0.4) is 0 Å². The summed E-state index contributed by atoms with van der Waals surface area (Å²) in [6.07, 6.45) is 1.67. The summed E-state index contributed by atoms with van der Waals surface area (Å²) in [4.78, 5) is 11.8. The zero-order valence-corrected chi connectivity index (χ0v) is 11.5. The van der Waals surface area contributed by atoms with Crippen molar-refractivity contribution in [3.8, 4) is 5.75 Å². The van der Waals surface area contributed by atoms with Gasteiger partial charge in [-0.2, -0.15) is 0 Å². The third-order valence-corrected chi connectivity index (χ3v) is 2.75. The van der Waals surface area contributed by atoms with Gasteiger partial charge in [-0.25, -0.2) is 0 Å². The van der Waals surface area contributed by atoms with Gasteiger partial charge >= 0.3 is 0 Å². The topological polar surface area (TPSA) is 38.3 Å². The third-order valence-electron chi connectivity index (χ3n) is 2.44. The molecular weight excluding hydrogens is 250 g/mol. The zero-order chi connectivity index (χ0) is 13.5. The predicted octanol–water partition coefficient (Wildman–Crippen LogP) is 3.11. The Bertz CT molecular complexity index is 432. The van der Waals surface area contributed by atoms with Gasteiger partial charge in [0.05, 0.1) is 5.02 Å².